The Morgan fingerprint density at radius 1 is 0.788 bits per heavy atom. The predicted octanol–water partition coefficient (Wildman–Crippen LogP) is 8.32. The van der Waals surface area contributed by atoms with Gasteiger partial charge < -0.3 is 5.73 Å². The fourth-order valence-electron chi connectivity index (χ4n) is 2.91. The van der Waals surface area contributed by atoms with E-state index in [1.54, 1.807) is 0 Å². The van der Waals surface area contributed by atoms with E-state index in [2.05, 4.69) is 110 Å². The SMILES string of the molecule is CC(C)(C)[NH-].C[Si]C.[Cl][Ti][Cl].c1ccc(P(c2ccccc2)c2c[cH-]c3ccccc23)cc1. The molecule has 0 saturated carbocycles. The summed E-state index contributed by atoms with van der Waals surface area (Å²) in [6.45, 7) is 9.87. The third-order valence-electron chi connectivity index (χ3n) is 3.93. The van der Waals surface area contributed by atoms with Gasteiger partial charge in [-0.1, -0.05) is 109 Å². The quantitative estimate of drug-likeness (QED) is 0.140. The van der Waals surface area contributed by atoms with E-state index in [0.717, 1.165) is 9.52 Å². The summed E-state index contributed by atoms with van der Waals surface area (Å²) in [7, 11) is 10.4. The van der Waals surface area contributed by atoms with Crippen molar-refractivity contribution in [1.29, 1.82) is 0 Å². The first-order valence-electron chi connectivity index (χ1n) is 10.6. The van der Waals surface area contributed by atoms with Gasteiger partial charge in [0.2, 0.25) is 0 Å². The molecular formula is C27H32Cl2NPSiTi-2. The number of fused-ring (bicyclic) bond motifs is 1. The molecule has 2 radical (unpaired) electrons. The standard InChI is InChI=1S/C21H16P.C4H10N.C2H6Si.2ClH.Ti/c1-3-10-18(11-4-1)22(19-12-5-2-6-13-19)21-16-15-17-9-7-8-14-20(17)21;1-4(2,3)5;1-3-2;;;/h1-16H;5H,1-3H3;1-2H3;2*1H;/q2*-1;;;;+2/p-2. The van der Waals surface area contributed by atoms with Crippen LogP contribution in [0.4, 0.5) is 0 Å². The van der Waals surface area contributed by atoms with Crippen LogP contribution in [0.1, 0.15) is 20.8 Å². The van der Waals surface area contributed by atoms with Crippen molar-refractivity contribution >= 4 is 62.7 Å². The molecule has 1 nitrogen and oxygen atoms in total. The zero-order valence-electron chi connectivity index (χ0n) is 19.9. The van der Waals surface area contributed by atoms with Gasteiger partial charge >= 0.3 is 35.6 Å². The van der Waals surface area contributed by atoms with Crippen LogP contribution in [0, 0.1) is 0 Å². The minimum Gasteiger partial charge on any atom is -0.150 e. The Morgan fingerprint density at radius 3 is 1.58 bits per heavy atom. The van der Waals surface area contributed by atoms with Crippen molar-refractivity contribution in [3.05, 3.63) is 103 Å². The van der Waals surface area contributed by atoms with Gasteiger partial charge in [-0.2, -0.15) is 0 Å². The Morgan fingerprint density at radius 2 is 1.15 bits per heavy atom. The molecule has 0 aromatic heterocycles. The van der Waals surface area contributed by atoms with Gasteiger partial charge in [0, 0.05) is 9.52 Å². The average molecular weight is 548 g/mol. The van der Waals surface area contributed by atoms with E-state index in [-0.39, 0.29) is 5.54 Å². The molecule has 0 amide bonds. The fraction of sp³-hybridized carbons (Fsp3) is 0.222. The van der Waals surface area contributed by atoms with Crippen LogP contribution in [-0.4, -0.2) is 15.1 Å². The van der Waals surface area contributed by atoms with Gasteiger partial charge in [-0.05, 0) is 10.6 Å². The number of nitrogens with one attached hydrogen (secondary N) is 1. The zero-order chi connectivity index (χ0) is 24.7. The van der Waals surface area contributed by atoms with Gasteiger partial charge in [0.15, 0.2) is 0 Å². The smallest absolute Gasteiger partial charge is 0.0247 e. The van der Waals surface area contributed by atoms with E-state index in [0.29, 0.717) is 0 Å². The average Bonchev–Trinajstić information content (AvgIpc) is 3.19. The van der Waals surface area contributed by atoms with Crippen LogP contribution in [0.3, 0.4) is 0 Å². The Kier molecular flexibility index (Phi) is 15.3. The predicted molar refractivity (Wildman–Crippen MR) is 152 cm³/mol. The minimum absolute atomic E-state index is 0.250. The number of halogens is 2. The zero-order valence-corrected chi connectivity index (χ0v) is 24.9. The second kappa shape index (κ2) is 16.7. The summed E-state index contributed by atoms with van der Waals surface area (Å²) in [6, 6.07) is 35.0. The van der Waals surface area contributed by atoms with E-state index >= 15 is 0 Å². The fourth-order valence-corrected chi connectivity index (χ4v) is 5.37. The first kappa shape index (κ1) is 30.2. The molecule has 33 heavy (non-hydrogen) atoms. The summed E-state index contributed by atoms with van der Waals surface area (Å²) in [6.07, 6.45) is 0. The molecule has 0 saturated heterocycles. The van der Waals surface area contributed by atoms with Crippen molar-refractivity contribution in [2.24, 2.45) is 0 Å². The minimum atomic E-state index is -0.556. The summed E-state index contributed by atoms with van der Waals surface area (Å²) < 4.78 is 0. The normalized spacial score (nSPS) is 10.2. The van der Waals surface area contributed by atoms with E-state index < -0.39 is 25.0 Å². The van der Waals surface area contributed by atoms with E-state index in [1.807, 2.05) is 20.8 Å². The molecule has 0 atom stereocenters. The summed E-state index contributed by atoms with van der Waals surface area (Å²) in [5.41, 5.74) is 6.69. The maximum absolute atomic E-state index is 6.94. The topological polar surface area (TPSA) is 23.8 Å². The number of benzene rings is 3. The van der Waals surface area contributed by atoms with Crippen LogP contribution >= 0.6 is 26.5 Å². The van der Waals surface area contributed by atoms with Gasteiger partial charge in [0.25, 0.3) is 0 Å². The molecule has 4 aromatic rings. The van der Waals surface area contributed by atoms with Crippen molar-refractivity contribution in [3.63, 3.8) is 0 Å². The van der Waals surface area contributed by atoms with Crippen molar-refractivity contribution in [2.75, 3.05) is 0 Å². The summed E-state index contributed by atoms with van der Waals surface area (Å²) in [5.74, 6) is 0. The maximum Gasteiger partial charge on any atom is -0.0247 e. The molecule has 0 aliphatic rings. The molecule has 0 bridgehead atoms. The molecule has 174 valence electrons. The Labute approximate surface area is 220 Å². The van der Waals surface area contributed by atoms with Crippen LogP contribution in [0.2, 0.25) is 13.1 Å². The second-order valence-corrected chi connectivity index (χ2v) is 13.9. The Balaban J connectivity index is 0.000000421. The first-order valence-corrected chi connectivity index (χ1v) is 18.2. The molecule has 0 aliphatic heterocycles. The van der Waals surface area contributed by atoms with Crippen LogP contribution in [0.25, 0.3) is 16.5 Å². The van der Waals surface area contributed by atoms with Crippen molar-refractivity contribution in [1.82, 2.24) is 0 Å². The van der Waals surface area contributed by atoms with E-state index in [9.17, 15) is 0 Å². The molecule has 0 fully saturated rings. The van der Waals surface area contributed by atoms with Gasteiger partial charge in [-0.15, -0.1) is 51.9 Å². The third kappa shape index (κ3) is 11.9. The molecule has 0 heterocycles. The molecule has 4 aromatic carbocycles. The van der Waals surface area contributed by atoms with Crippen molar-refractivity contribution < 1.29 is 17.0 Å². The summed E-state index contributed by atoms with van der Waals surface area (Å²) in [5, 5.41) is 6.96. The molecular weight excluding hydrogens is 516 g/mol. The van der Waals surface area contributed by atoms with Crippen LogP contribution in [0.15, 0.2) is 97.1 Å². The van der Waals surface area contributed by atoms with Crippen LogP contribution in [0.5, 0.6) is 0 Å². The second-order valence-electron chi connectivity index (χ2n) is 8.13. The summed E-state index contributed by atoms with van der Waals surface area (Å²) in [4.78, 5) is 0. The van der Waals surface area contributed by atoms with Gasteiger partial charge in [-0.3, -0.25) is 0 Å². The largest absolute Gasteiger partial charge is 0.150 e. The molecule has 1 N–H and O–H groups in total. The monoisotopic (exact) mass is 547 g/mol. The van der Waals surface area contributed by atoms with Gasteiger partial charge in [-0.25, -0.2) is 0 Å². The van der Waals surface area contributed by atoms with Gasteiger partial charge in [0.05, 0.1) is 0 Å². The van der Waals surface area contributed by atoms with Crippen molar-refractivity contribution in [2.45, 2.75) is 39.4 Å². The summed E-state index contributed by atoms with van der Waals surface area (Å²) >= 11 is -0.556. The van der Waals surface area contributed by atoms with Gasteiger partial charge in [0.1, 0.15) is 0 Å². The van der Waals surface area contributed by atoms with E-state index in [4.69, 9.17) is 24.3 Å². The molecule has 0 unspecified atom stereocenters. The van der Waals surface area contributed by atoms with Crippen LogP contribution < -0.4 is 15.9 Å². The number of rotatable bonds is 3. The maximum atomic E-state index is 6.94. The third-order valence-corrected chi connectivity index (χ3v) is 6.43. The number of hydrogen-bond donors (Lipinski definition) is 0. The molecule has 4 rings (SSSR count). The van der Waals surface area contributed by atoms with Crippen molar-refractivity contribution in [3.8, 4) is 0 Å². The first-order chi connectivity index (χ1) is 15.8. The van der Waals surface area contributed by atoms with Crippen LogP contribution in [-0.2, 0) is 17.0 Å². The Hall–Kier alpha value is -0.829. The Bertz CT molecular complexity index is 973. The number of hydrogen-bond acceptors (Lipinski definition) is 0. The molecule has 0 aliphatic carbocycles. The molecule has 0 spiro atoms. The molecule has 6 heteroatoms. The van der Waals surface area contributed by atoms with E-state index in [1.165, 1.54) is 26.7 Å².